The lowest BCUT2D eigenvalue weighted by atomic mass is 9.95. The summed E-state index contributed by atoms with van der Waals surface area (Å²) >= 11 is 0. The molecule has 2 aromatic rings. The molecule has 2 N–H and O–H groups in total. The minimum absolute atomic E-state index is 0.215. The van der Waals surface area contributed by atoms with Crippen LogP contribution in [0.3, 0.4) is 0 Å². The molecule has 0 bridgehead atoms. The van der Waals surface area contributed by atoms with E-state index in [1.165, 1.54) is 0 Å². The Morgan fingerprint density at radius 2 is 2.20 bits per heavy atom. The Balaban J connectivity index is 1.57. The predicted molar refractivity (Wildman–Crippen MR) is 89.4 cm³/mol. The number of ether oxygens (including phenoxy) is 1. The van der Waals surface area contributed by atoms with E-state index in [1.807, 2.05) is 6.92 Å². The highest BCUT2D eigenvalue weighted by Gasteiger charge is 2.30. The molecular formula is C17H21N5O3. The highest BCUT2D eigenvalue weighted by molar-refractivity contribution is 5.94. The monoisotopic (exact) mass is 343 g/mol. The van der Waals surface area contributed by atoms with Crippen LogP contribution in [-0.2, 0) is 17.6 Å². The van der Waals surface area contributed by atoms with Crippen molar-refractivity contribution in [2.75, 3.05) is 19.7 Å². The molecule has 25 heavy (non-hydrogen) atoms. The second kappa shape index (κ2) is 6.44. The number of H-pyrrole nitrogens is 2. The molecule has 1 atom stereocenters. The van der Waals surface area contributed by atoms with Gasteiger partial charge < -0.3 is 14.6 Å². The van der Waals surface area contributed by atoms with Gasteiger partial charge in [-0.1, -0.05) is 0 Å². The van der Waals surface area contributed by atoms with Crippen molar-refractivity contribution in [1.82, 2.24) is 25.1 Å². The molecule has 0 aromatic carbocycles. The zero-order valence-corrected chi connectivity index (χ0v) is 14.2. The number of morpholine rings is 1. The molecule has 4 rings (SSSR count). The van der Waals surface area contributed by atoms with Gasteiger partial charge in [0.25, 0.3) is 11.5 Å². The number of fused-ring (bicyclic) bond motifs is 1. The van der Waals surface area contributed by atoms with E-state index in [2.05, 4.69) is 20.2 Å². The SMILES string of the molecule is Cc1nc([C@@H]2CN(C(=O)c3cc4c([nH]c3=O)CCCC4)CCO2)n[nH]1. The molecule has 0 spiro atoms. The number of rotatable bonds is 2. The number of nitrogens with zero attached hydrogens (tertiary/aromatic N) is 3. The summed E-state index contributed by atoms with van der Waals surface area (Å²) in [6.45, 7) is 3.00. The molecule has 132 valence electrons. The summed E-state index contributed by atoms with van der Waals surface area (Å²) in [7, 11) is 0. The van der Waals surface area contributed by atoms with Crippen molar-refractivity contribution in [3.05, 3.63) is 44.9 Å². The van der Waals surface area contributed by atoms with Crippen molar-refractivity contribution in [3.63, 3.8) is 0 Å². The predicted octanol–water partition coefficient (Wildman–Crippen LogP) is 0.894. The van der Waals surface area contributed by atoms with Gasteiger partial charge in [-0.3, -0.25) is 14.7 Å². The summed E-state index contributed by atoms with van der Waals surface area (Å²) in [5.41, 5.74) is 1.97. The smallest absolute Gasteiger partial charge is 0.261 e. The van der Waals surface area contributed by atoms with E-state index in [1.54, 1.807) is 11.0 Å². The third-order valence-corrected chi connectivity index (χ3v) is 4.82. The largest absolute Gasteiger partial charge is 0.366 e. The Labute approximate surface area is 144 Å². The van der Waals surface area contributed by atoms with Crippen LogP contribution >= 0.6 is 0 Å². The molecule has 1 saturated heterocycles. The molecule has 3 heterocycles. The van der Waals surface area contributed by atoms with Crippen molar-refractivity contribution >= 4 is 5.91 Å². The van der Waals surface area contributed by atoms with Crippen molar-refractivity contribution in [2.24, 2.45) is 0 Å². The van der Waals surface area contributed by atoms with E-state index in [0.717, 1.165) is 36.9 Å². The average molecular weight is 343 g/mol. The van der Waals surface area contributed by atoms with Crippen molar-refractivity contribution < 1.29 is 9.53 Å². The fourth-order valence-corrected chi connectivity index (χ4v) is 3.50. The van der Waals surface area contributed by atoms with Gasteiger partial charge in [0.05, 0.1) is 13.2 Å². The minimum atomic E-state index is -0.376. The van der Waals surface area contributed by atoms with E-state index in [4.69, 9.17) is 4.74 Å². The molecule has 2 aromatic heterocycles. The minimum Gasteiger partial charge on any atom is -0.366 e. The number of aromatic nitrogens is 4. The van der Waals surface area contributed by atoms with Crippen molar-refractivity contribution in [3.8, 4) is 0 Å². The lowest BCUT2D eigenvalue weighted by Crippen LogP contribution is -2.44. The first-order valence-corrected chi connectivity index (χ1v) is 8.66. The fourth-order valence-electron chi connectivity index (χ4n) is 3.50. The lowest BCUT2D eigenvalue weighted by molar-refractivity contribution is -0.0267. The Kier molecular flexibility index (Phi) is 4.12. The molecule has 0 radical (unpaired) electrons. The fraction of sp³-hybridized carbons (Fsp3) is 0.529. The Bertz CT molecular complexity index is 856. The van der Waals surface area contributed by atoms with Crippen LogP contribution in [0.15, 0.2) is 10.9 Å². The number of aryl methyl sites for hydroxylation is 3. The van der Waals surface area contributed by atoms with Gasteiger partial charge in [-0.05, 0) is 44.2 Å². The van der Waals surface area contributed by atoms with Gasteiger partial charge in [0, 0.05) is 12.2 Å². The van der Waals surface area contributed by atoms with Gasteiger partial charge in [-0.15, -0.1) is 0 Å². The Morgan fingerprint density at radius 1 is 1.36 bits per heavy atom. The third-order valence-electron chi connectivity index (χ3n) is 4.82. The first-order valence-electron chi connectivity index (χ1n) is 8.66. The molecule has 8 nitrogen and oxygen atoms in total. The zero-order chi connectivity index (χ0) is 17.4. The van der Waals surface area contributed by atoms with Gasteiger partial charge in [0.15, 0.2) is 5.82 Å². The number of aromatic amines is 2. The number of nitrogens with one attached hydrogen (secondary N) is 2. The number of hydrogen-bond donors (Lipinski definition) is 2. The molecule has 0 unspecified atom stereocenters. The number of hydrogen-bond acceptors (Lipinski definition) is 5. The van der Waals surface area contributed by atoms with Crippen molar-refractivity contribution in [1.29, 1.82) is 0 Å². The lowest BCUT2D eigenvalue weighted by Gasteiger charge is -2.31. The highest BCUT2D eigenvalue weighted by atomic mass is 16.5. The van der Waals surface area contributed by atoms with Crippen LogP contribution in [0.2, 0.25) is 0 Å². The first kappa shape index (κ1) is 16.0. The molecule has 8 heteroatoms. The molecule has 1 aliphatic heterocycles. The molecule has 2 aliphatic rings. The third kappa shape index (κ3) is 3.09. The Hall–Kier alpha value is -2.48. The van der Waals surface area contributed by atoms with E-state index in [-0.39, 0.29) is 23.1 Å². The van der Waals surface area contributed by atoms with Crippen LogP contribution < -0.4 is 5.56 Å². The van der Waals surface area contributed by atoms with Gasteiger partial charge in [-0.25, -0.2) is 4.98 Å². The summed E-state index contributed by atoms with van der Waals surface area (Å²) < 4.78 is 5.69. The Morgan fingerprint density at radius 3 is 3.00 bits per heavy atom. The van der Waals surface area contributed by atoms with Gasteiger partial charge in [-0.2, -0.15) is 5.10 Å². The maximum absolute atomic E-state index is 12.9. The number of carbonyl (C=O) groups excluding carboxylic acids is 1. The van der Waals surface area contributed by atoms with Crippen LogP contribution in [0.4, 0.5) is 0 Å². The molecular weight excluding hydrogens is 322 g/mol. The number of carbonyl (C=O) groups is 1. The van der Waals surface area contributed by atoms with Crippen LogP contribution in [0.5, 0.6) is 0 Å². The maximum Gasteiger partial charge on any atom is 0.261 e. The van der Waals surface area contributed by atoms with Gasteiger partial charge in [0.2, 0.25) is 0 Å². The standard InChI is InChI=1S/C17H21N5O3/c1-10-18-15(21-20-10)14-9-22(6-7-25-14)17(24)12-8-11-4-2-3-5-13(11)19-16(12)23/h8,14H,2-7,9H2,1H3,(H,19,23)(H,18,20,21)/t14-/m0/s1. The van der Waals surface area contributed by atoms with Crippen LogP contribution in [0, 0.1) is 6.92 Å². The van der Waals surface area contributed by atoms with Crippen LogP contribution in [0.25, 0.3) is 0 Å². The van der Waals surface area contributed by atoms with E-state index >= 15 is 0 Å². The summed E-state index contributed by atoms with van der Waals surface area (Å²) in [5.74, 6) is 0.984. The topological polar surface area (TPSA) is 104 Å². The second-order valence-corrected chi connectivity index (χ2v) is 6.61. The maximum atomic E-state index is 12.9. The summed E-state index contributed by atoms with van der Waals surface area (Å²) in [5, 5.41) is 6.90. The molecule has 1 fully saturated rings. The molecule has 1 amide bonds. The summed E-state index contributed by atoms with van der Waals surface area (Å²) in [4.78, 5) is 34.1. The second-order valence-electron chi connectivity index (χ2n) is 6.61. The van der Waals surface area contributed by atoms with Crippen LogP contribution in [-0.4, -0.2) is 50.7 Å². The first-order chi connectivity index (χ1) is 12.1. The van der Waals surface area contributed by atoms with Crippen LogP contribution in [0.1, 0.15) is 52.2 Å². The molecule has 1 aliphatic carbocycles. The summed E-state index contributed by atoms with van der Waals surface area (Å²) in [6.07, 6.45) is 3.59. The quantitative estimate of drug-likeness (QED) is 0.843. The average Bonchev–Trinajstić information content (AvgIpc) is 3.07. The zero-order valence-electron chi connectivity index (χ0n) is 14.2. The molecule has 0 saturated carbocycles. The van der Waals surface area contributed by atoms with Gasteiger partial charge >= 0.3 is 0 Å². The van der Waals surface area contributed by atoms with E-state index < -0.39 is 0 Å². The highest BCUT2D eigenvalue weighted by Crippen LogP contribution is 2.22. The normalized spacial score (nSPS) is 20.4. The van der Waals surface area contributed by atoms with E-state index in [9.17, 15) is 9.59 Å². The number of pyridine rings is 1. The van der Waals surface area contributed by atoms with E-state index in [0.29, 0.717) is 31.3 Å². The van der Waals surface area contributed by atoms with Crippen molar-refractivity contribution in [2.45, 2.75) is 38.7 Å². The van der Waals surface area contributed by atoms with Gasteiger partial charge in [0.1, 0.15) is 17.5 Å². The number of amides is 1. The summed E-state index contributed by atoms with van der Waals surface area (Å²) in [6, 6.07) is 1.77.